The Hall–Kier alpha value is -2.88. The van der Waals surface area contributed by atoms with E-state index >= 15 is 0 Å². The molecule has 0 bridgehead atoms. The number of nitrogens with one attached hydrogen (secondary N) is 1. The second kappa shape index (κ2) is 7.78. The molecule has 2 aromatic carbocycles. The summed E-state index contributed by atoms with van der Waals surface area (Å²) < 4.78 is 0. The molecule has 3 aromatic rings. The van der Waals surface area contributed by atoms with Crippen molar-refractivity contribution in [3.8, 4) is 22.4 Å². The standard InChI is InChI=1S/C23H27N3O/c1-23(2,3)19(22(24)27)13-14-21-25-15-20(26-21)18-11-9-17(10-12-18)16-7-5-4-6-8-16/h4-12,15,19H,13-14H2,1-3H3,(H2,24,27)(H,25,26). The van der Waals surface area contributed by atoms with Crippen molar-refractivity contribution in [2.75, 3.05) is 0 Å². The maximum absolute atomic E-state index is 11.7. The second-order valence-electron chi connectivity index (χ2n) is 8.05. The highest BCUT2D eigenvalue weighted by molar-refractivity contribution is 5.77. The maximum atomic E-state index is 11.7. The second-order valence-corrected chi connectivity index (χ2v) is 8.05. The molecule has 0 spiro atoms. The lowest BCUT2D eigenvalue weighted by Gasteiger charge is -2.27. The Morgan fingerprint density at radius 1 is 1.00 bits per heavy atom. The van der Waals surface area contributed by atoms with Crippen LogP contribution >= 0.6 is 0 Å². The molecule has 0 aliphatic heterocycles. The average Bonchev–Trinajstić information content (AvgIpc) is 3.10. The third-order valence-corrected chi connectivity index (χ3v) is 4.99. The highest BCUT2D eigenvalue weighted by atomic mass is 16.1. The molecule has 1 aromatic heterocycles. The fourth-order valence-corrected chi connectivity index (χ4v) is 3.39. The van der Waals surface area contributed by atoms with Gasteiger partial charge in [0.15, 0.2) is 0 Å². The number of aromatic amines is 1. The van der Waals surface area contributed by atoms with Crippen LogP contribution in [-0.2, 0) is 11.2 Å². The number of nitrogens with zero attached hydrogens (tertiary/aromatic N) is 1. The van der Waals surface area contributed by atoms with Gasteiger partial charge in [0.1, 0.15) is 5.82 Å². The van der Waals surface area contributed by atoms with Gasteiger partial charge in [0.05, 0.1) is 11.9 Å². The zero-order valence-electron chi connectivity index (χ0n) is 16.2. The van der Waals surface area contributed by atoms with Crippen molar-refractivity contribution >= 4 is 5.91 Å². The van der Waals surface area contributed by atoms with Crippen molar-refractivity contribution in [1.82, 2.24) is 9.97 Å². The number of amides is 1. The molecule has 0 saturated carbocycles. The Morgan fingerprint density at radius 2 is 1.59 bits per heavy atom. The summed E-state index contributed by atoms with van der Waals surface area (Å²) in [6.07, 6.45) is 3.24. The smallest absolute Gasteiger partial charge is 0.221 e. The van der Waals surface area contributed by atoms with Gasteiger partial charge in [0, 0.05) is 12.3 Å². The Kier molecular flexibility index (Phi) is 5.45. The number of benzene rings is 2. The molecule has 0 fully saturated rings. The molecule has 1 amide bonds. The van der Waals surface area contributed by atoms with Crippen molar-refractivity contribution in [2.24, 2.45) is 17.1 Å². The molecule has 3 rings (SSSR count). The van der Waals surface area contributed by atoms with E-state index in [4.69, 9.17) is 5.73 Å². The van der Waals surface area contributed by atoms with E-state index in [1.54, 1.807) is 0 Å². The van der Waals surface area contributed by atoms with Crippen molar-refractivity contribution < 1.29 is 4.79 Å². The first kappa shape index (κ1) is 18.9. The minimum absolute atomic E-state index is 0.144. The van der Waals surface area contributed by atoms with E-state index in [9.17, 15) is 4.79 Å². The topological polar surface area (TPSA) is 71.8 Å². The zero-order chi connectivity index (χ0) is 19.4. The van der Waals surface area contributed by atoms with Gasteiger partial charge in [-0.3, -0.25) is 4.79 Å². The fraction of sp³-hybridized carbons (Fsp3) is 0.304. The highest BCUT2D eigenvalue weighted by Gasteiger charge is 2.29. The number of carbonyl (C=O) groups excluding carboxylic acids is 1. The van der Waals surface area contributed by atoms with Crippen LogP contribution < -0.4 is 5.73 Å². The minimum Gasteiger partial charge on any atom is -0.369 e. The number of aromatic nitrogens is 2. The number of carbonyl (C=O) groups is 1. The summed E-state index contributed by atoms with van der Waals surface area (Å²) >= 11 is 0. The Labute approximate surface area is 160 Å². The predicted octanol–water partition coefficient (Wildman–Crippen LogP) is 4.82. The third-order valence-electron chi connectivity index (χ3n) is 4.99. The number of imidazole rings is 1. The summed E-state index contributed by atoms with van der Waals surface area (Å²) in [7, 11) is 0. The molecule has 140 valence electrons. The van der Waals surface area contributed by atoms with E-state index in [-0.39, 0.29) is 17.2 Å². The van der Waals surface area contributed by atoms with Crippen LogP contribution in [-0.4, -0.2) is 15.9 Å². The van der Waals surface area contributed by atoms with E-state index in [0.717, 1.165) is 17.1 Å². The van der Waals surface area contributed by atoms with Gasteiger partial charge in [-0.2, -0.15) is 0 Å². The highest BCUT2D eigenvalue weighted by Crippen LogP contribution is 2.30. The molecule has 1 heterocycles. The first-order valence-electron chi connectivity index (χ1n) is 9.33. The summed E-state index contributed by atoms with van der Waals surface area (Å²) in [5.74, 6) is 0.467. The number of H-pyrrole nitrogens is 1. The Morgan fingerprint density at radius 3 is 2.19 bits per heavy atom. The number of aryl methyl sites for hydroxylation is 1. The number of hydrogen-bond donors (Lipinski definition) is 2. The lowest BCUT2D eigenvalue weighted by molar-refractivity contribution is -0.125. The summed E-state index contributed by atoms with van der Waals surface area (Å²) in [6.45, 7) is 6.14. The molecule has 3 N–H and O–H groups in total. The van der Waals surface area contributed by atoms with Crippen molar-refractivity contribution in [3.63, 3.8) is 0 Å². The van der Waals surface area contributed by atoms with Crippen LogP contribution in [0, 0.1) is 11.3 Å². The van der Waals surface area contributed by atoms with Gasteiger partial charge in [-0.05, 0) is 28.5 Å². The monoisotopic (exact) mass is 361 g/mol. The normalized spacial score (nSPS) is 12.7. The largest absolute Gasteiger partial charge is 0.369 e. The van der Waals surface area contributed by atoms with Crippen LogP contribution in [0.15, 0.2) is 60.8 Å². The molecule has 0 radical (unpaired) electrons. The van der Waals surface area contributed by atoms with Gasteiger partial charge < -0.3 is 10.7 Å². The Bertz CT molecular complexity index is 889. The van der Waals surface area contributed by atoms with Gasteiger partial charge in [0.25, 0.3) is 0 Å². The van der Waals surface area contributed by atoms with Gasteiger partial charge >= 0.3 is 0 Å². The van der Waals surface area contributed by atoms with Crippen molar-refractivity contribution in [2.45, 2.75) is 33.6 Å². The molecule has 1 atom stereocenters. The Balaban J connectivity index is 1.69. The molecule has 0 aliphatic rings. The van der Waals surface area contributed by atoms with Crippen molar-refractivity contribution in [3.05, 3.63) is 66.6 Å². The number of nitrogens with two attached hydrogens (primary N) is 1. The molecular weight excluding hydrogens is 334 g/mol. The number of primary amides is 1. The SMILES string of the molecule is CC(C)(C)C(CCc1ncc(-c2ccc(-c3ccccc3)cc2)[nH]1)C(N)=O. The van der Waals surface area contributed by atoms with Gasteiger partial charge in [0.2, 0.25) is 5.91 Å². The summed E-state index contributed by atoms with van der Waals surface area (Å²) in [5.41, 5.74) is 9.90. The van der Waals surface area contributed by atoms with Crippen LogP contribution in [0.1, 0.15) is 33.0 Å². The summed E-state index contributed by atoms with van der Waals surface area (Å²) in [4.78, 5) is 19.6. The van der Waals surface area contributed by atoms with E-state index in [0.29, 0.717) is 12.8 Å². The third kappa shape index (κ3) is 4.64. The molecule has 1 unspecified atom stereocenters. The lowest BCUT2D eigenvalue weighted by atomic mass is 9.77. The van der Waals surface area contributed by atoms with Crippen LogP contribution in [0.4, 0.5) is 0 Å². The number of rotatable bonds is 6. The molecule has 27 heavy (non-hydrogen) atoms. The lowest BCUT2D eigenvalue weighted by Crippen LogP contribution is -2.34. The van der Waals surface area contributed by atoms with E-state index in [2.05, 4.69) is 46.4 Å². The molecule has 4 nitrogen and oxygen atoms in total. The van der Waals surface area contributed by atoms with Crippen LogP contribution in [0.5, 0.6) is 0 Å². The molecule has 0 aliphatic carbocycles. The molecular formula is C23H27N3O. The fourth-order valence-electron chi connectivity index (χ4n) is 3.39. The summed E-state index contributed by atoms with van der Waals surface area (Å²) in [5, 5.41) is 0. The van der Waals surface area contributed by atoms with Gasteiger partial charge in [-0.1, -0.05) is 75.4 Å². The van der Waals surface area contributed by atoms with Crippen molar-refractivity contribution in [1.29, 1.82) is 0 Å². The average molecular weight is 361 g/mol. The van der Waals surface area contributed by atoms with E-state index in [1.807, 2.05) is 45.2 Å². The molecule has 0 saturated heterocycles. The minimum atomic E-state index is -0.245. The van der Waals surface area contributed by atoms with E-state index < -0.39 is 0 Å². The summed E-state index contributed by atoms with van der Waals surface area (Å²) in [6, 6.07) is 18.8. The van der Waals surface area contributed by atoms with Crippen LogP contribution in [0.2, 0.25) is 0 Å². The van der Waals surface area contributed by atoms with Gasteiger partial charge in [-0.25, -0.2) is 4.98 Å². The predicted molar refractivity (Wildman–Crippen MR) is 110 cm³/mol. The maximum Gasteiger partial charge on any atom is 0.221 e. The van der Waals surface area contributed by atoms with Crippen LogP contribution in [0.3, 0.4) is 0 Å². The van der Waals surface area contributed by atoms with E-state index in [1.165, 1.54) is 11.1 Å². The first-order valence-corrected chi connectivity index (χ1v) is 9.33. The van der Waals surface area contributed by atoms with Gasteiger partial charge in [-0.15, -0.1) is 0 Å². The zero-order valence-corrected chi connectivity index (χ0v) is 16.2. The first-order chi connectivity index (χ1) is 12.8. The molecule has 4 heteroatoms. The quantitative estimate of drug-likeness (QED) is 0.660. The van der Waals surface area contributed by atoms with Crippen LogP contribution in [0.25, 0.3) is 22.4 Å². The number of hydrogen-bond acceptors (Lipinski definition) is 2.